The highest BCUT2D eigenvalue weighted by Crippen LogP contribution is 2.29. The molecule has 0 saturated carbocycles. The van der Waals surface area contributed by atoms with Crippen LogP contribution in [0.5, 0.6) is 0 Å². The molecule has 0 fully saturated rings. The molecule has 0 unspecified atom stereocenters. The molecule has 0 aliphatic carbocycles. The molecular formula is C11H12F2N4O5. The maximum absolute atomic E-state index is 13.9. The molecule has 9 nitrogen and oxygen atoms in total. The van der Waals surface area contributed by atoms with Crippen molar-refractivity contribution in [2.24, 2.45) is 15.7 Å². The van der Waals surface area contributed by atoms with Crippen molar-refractivity contribution in [1.29, 1.82) is 0 Å². The predicted molar refractivity (Wildman–Crippen MR) is 67.9 cm³/mol. The highest BCUT2D eigenvalue weighted by atomic mass is 19.3. The van der Waals surface area contributed by atoms with Gasteiger partial charge in [0.15, 0.2) is 11.8 Å². The van der Waals surface area contributed by atoms with Crippen LogP contribution in [0.15, 0.2) is 21.8 Å². The summed E-state index contributed by atoms with van der Waals surface area (Å²) in [5, 5.41) is 27.0. The Morgan fingerprint density at radius 2 is 2.14 bits per heavy atom. The fourth-order valence-electron chi connectivity index (χ4n) is 1.91. The SMILES string of the molecule is NC1=NC(=O)C2=NCN(C(=O)C(F)(F)[C@H](O)[C@H](O)CO)C2=C1. The molecule has 0 aromatic rings. The van der Waals surface area contributed by atoms with Crippen LogP contribution in [0.2, 0.25) is 0 Å². The van der Waals surface area contributed by atoms with Crippen LogP contribution >= 0.6 is 0 Å². The number of nitrogens with zero attached hydrogens (tertiary/aromatic N) is 3. The summed E-state index contributed by atoms with van der Waals surface area (Å²) >= 11 is 0. The third-order valence-electron chi connectivity index (χ3n) is 3.07. The van der Waals surface area contributed by atoms with Crippen molar-refractivity contribution < 1.29 is 33.7 Å². The van der Waals surface area contributed by atoms with Crippen LogP contribution < -0.4 is 5.73 Å². The van der Waals surface area contributed by atoms with Crippen LogP contribution in [0.25, 0.3) is 0 Å². The topological polar surface area (TPSA) is 149 Å². The van der Waals surface area contributed by atoms with Gasteiger partial charge in [0.25, 0.3) is 5.91 Å². The lowest BCUT2D eigenvalue weighted by atomic mass is 10.1. The molecule has 2 aliphatic heterocycles. The van der Waals surface area contributed by atoms with Crippen molar-refractivity contribution >= 4 is 23.4 Å². The van der Waals surface area contributed by atoms with Gasteiger partial charge in [-0.1, -0.05) is 0 Å². The molecule has 2 rings (SSSR count). The standard InChI is InChI=1S/C11H12F2N4O5/c12-11(13,8(20)5(19)2-18)10(22)17-3-15-7-4(17)1-6(14)16-9(7)21/h1,5,8,18-20H,2-3H2,(H2,14,16,21)/t5-,8-/m1/s1. The van der Waals surface area contributed by atoms with Gasteiger partial charge in [-0.25, -0.2) is 0 Å². The first kappa shape index (κ1) is 16.1. The number of rotatable bonds is 4. The van der Waals surface area contributed by atoms with Gasteiger partial charge in [-0.05, 0) is 0 Å². The number of amidine groups is 1. The van der Waals surface area contributed by atoms with E-state index in [1.807, 2.05) is 0 Å². The van der Waals surface area contributed by atoms with E-state index in [-0.39, 0.29) is 17.2 Å². The zero-order chi connectivity index (χ0) is 16.7. The average Bonchev–Trinajstić information content (AvgIpc) is 2.88. The van der Waals surface area contributed by atoms with E-state index >= 15 is 0 Å². The number of fused-ring (bicyclic) bond motifs is 1. The molecule has 5 N–H and O–H groups in total. The van der Waals surface area contributed by atoms with Crippen molar-refractivity contribution in [3.63, 3.8) is 0 Å². The molecule has 120 valence electrons. The van der Waals surface area contributed by atoms with Crippen molar-refractivity contribution in [2.45, 2.75) is 18.1 Å². The number of amides is 2. The van der Waals surface area contributed by atoms with Gasteiger partial charge in [0.2, 0.25) is 0 Å². The minimum absolute atomic E-state index is 0.257. The normalized spacial score (nSPS) is 20.9. The van der Waals surface area contributed by atoms with Crippen molar-refractivity contribution in [1.82, 2.24) is 4.90 Å². The molecule has 2 atom stereocenters. The Morgan fingerprint density at radius 1 is 1.50 bits per heavy atom. The smallest absolute Gasteiger partial charge is 0.352 e. The van der Waals surface area contributed by atoms with Crippen LogP contribution in [0, 0.1) is 0 Å². The molecular weight excluding hydrogens is 306 g/mol. The minimum Gasteiger partial charge on any atom is -0.394 e. The summed E-state index contributed by atoms with van der Waals surface area (Å²) in [6.45, 7) is -1.74. The minimum atomic E-state index is -4.40. The molecule has 0 aromatic carbocycles. The number of dihydropyridines is 1. The van der Waals surface area contributed by atoms with Crippen LogP contribution in [0.4, 0.5) is 8.78 Å². The highest BCUT2D eigenvalue weighted by molar-refractivity contribution is 6.49. The first-order chi connectivity index (χ1) is 10.2. The molecule has 0 radical (unpaired) electrons. The van der Waals surface area contributed by atoms with Gasteiger partial charge in [0.05, 0.1) is 12.3 Å². The molecule has 2 amide bonds. The number of nitrogens with two attached hydrogens (primary N) is 1. The van der Waals surface area contributed by atoms with E-state index in [0.29, 0.717) is 4.90 Å². The quantitative estimate of drug-likeness (QED) is 0.445. The summed E-state index contributed by atoms with van der Waals surface area (Å²) in [5.74, 6) is -7.44. The van der Waals surface area contributed by atoms with Crippen LogP contribution in [0.3, 0.4) is 0 Å². The second kappa shape index (κ2) is 5.51. The predicted octanol–water partition coefficient (Wildman–Crippen LogP) is -2.64. The molecule has 2 heterocycles. The molecule has 11 heteroatoms. The van der Waals surface area contributed by atoms with E-state index in [1.54, 1.807) is 0 Å². The summed E-state index contributed by atoms with van der Waals surface area (Å²) in [4.78, 5) is 30.9. The van der Waals surface area contributed by atoms with Gasteiger partial charge in [0, 0.05) is 6.08 Å². The van der Waals surface area contributed by atoms with Crippen molar-refractivity contribution in [3.05, 3.63) is 11.8 Å². The number of carbonyl (C=O) groups is 2. The molecule has 0 saturated heterocycles. The fourth-order valence-corrected chi connectivity index (χ4v) is 1.91. The summed E-state index contributed by atoms with van der Waals surface area (Å²) < 4.78 is 27.8. The molecule has 0 aromatic heterocycles. The zero-order valence-corrected chi connectivity index (χ0v) is 11.0. The van der Waals surface area contributed by atoms with Crippen molar-refractivity contribution in [3.8, 4) is 0 Å². The Hall–Kier alpha value is -2.24. The van der Waals surface area contributed by atoms with Gasteiger partial charge in [-0.15, -0.1) is 0 Å². The van der Waals surface area contributed by atoms with E-state index in [0.717, 1.165) is 6.08 Å². The second-order valence-corrected chi connectivity index (χ2v) is 4.57. The number of hydrogen-bond donors (Lipinski definition) is 4. The number of hydrogen-bond acceptors (Lipinski definition) is 7. The van der Waals surface area contributed by atoms with Gasteiger partial charge in [0.1, 0.15) is 18.6 Å². The Balaban J connectivity index is 2.28. The number of aliphatic hydroxyl groups excluding tert-OH is 3. The lowest BCUT2D eigenvalue weighted by molar-refractivity contribution is -0.187. The fraction of sp³-hybridized carbons (Fsp3) is 0.455. The van der Waals surface area contributed by atoms with Gasteiger partial charge in [-0.2, -0.15) is 13.8 Å². The third-order valence-corrected chi connectivity index (χ3v) is 3.07. The average molecular weight is 318 g/mol. The summed E-state index contributed by atoms with van der Waals surface area (Å²) in [6, 6.07) is 0. The summed E-state index contributed by atoms with van der Waals surface area (Å²) in [6.07, 6.45) is -4.01. The number of alkyl halides is 2. The maximum atomic E-state index is 13.9. The summed E-state index contributed by atoms with van der Waals surface area (Å²) in [7, 11) is 0. The van der Waals surface area contributed by atoms with E-state index in [1.165, 1.54) is 0 Å². The van der Waals surface area contributed by atoms with E-state index in [4.69, 9.17) is 15.9 Å². The van der Waals surface area contributed by atoms with Gasteiger partial charge < -0.3 is 21.1 Å². The molecule has 2 aliphatic rings. The molecule has 22 heavy (non-hydrogen) atoms. The number of halogens is 2. The number of aliphatic imine (C=N–C) groups is 2. The van der Waals surface area contributed by atoms with E-state index in [9.17, 15) is 23.5 Å². The van der Waals surface area contributed by atoms with Crippen LogP contribution in [-0.2, 0) is 9.59 Å². The zero-order valence-electron chi connectivity index (χ0n) is 11.0. The van der Waals surface area contributed by atoms with Crippen LogP contribution in [0.1, 0.15) is 0 Å². The third kappa shape index (κ3) is 2.49. The highest BCUT2D eigenvalue weighted by Gasteiger charge is 2.53. The Bertz CT molecular complexity index is 616. The Morgan fingerprint density at radius 3 is 2.73 bits per heavy atom. The van der Waals surface area contributed by atoms with Gasteiger partial charge in [-0.3, -0.25) is 19.5 Å². The summed E-state index contributed by atoms with van der Waals surface area (Å²) in [5.41, 5.74) is 4.78. The van der Waals surface area contributed by atoms with E-state index in [2.05, 4.69) is 9.98 Å². The second-order valence-electron chi connectivity index (χ2n) is 4.57. The lowest BCUT2D eigenvalue weighted by Crippen LogP contribution is -2.54. The van der Waals surface area contributed by atoms with E-state index < -0.39 is 43.2 Å². The Kier molecular flexibility index (Phi) is 4.04. The largest absolute Gasteiger partial charge is 0.394 e. The van der Waals surface area contributed by atoms with Crippen molar-refractivity contribution in [2.75, 3.05) is 13.3 Å². The van der Waals surface area contributed by atoms with Gasteiger partial charge >= 0.3 is 11.8 Å². The molecule has 0 bridgehead atoms. The number of aliphatic hydroxyl groups is 3. The molecule has 0 spiro atoms. The first-order valence-corrected chi connectivity index (χ1v) is 6.02. The lowest BCUT2D eigenvalue weighted by Gasteiger charge is -2.28. The maximum Gasteiger partial charge on any atom is 0.352 e. The monoisotopic (exact) mass is 318 g/mol. The Labute approximate surface area is 122 Å². The van der Waals surface area contributed by atoms with Crippen LogP contribution in [-0.4, -0.2) is 75.0 Å². The first-order valence-electron chi connectivity index (χ1n) is 6.02. The number of carbonyl (C=O) groups excluding carboxylic acids is 2.